The maximum atomic E-state index is 12.5. The van der Waals surface area contributed by atoms with Crippen LogP contribution >= 0.6 is 0 Å². The van der Waals surface area contributed by atoms with Crippen LogP contribution in [0.2, 0.25) is 0 Å². The van der Waals surface area contributed by atoms with Gasteiger partial charge in [-0.15, -0.1) is 0 Å². The van der Waals surface area contributed by atoms with Crippen LogP contribution in [0, 0.1) is 5.41 Å². The number of fused-ring (bicyclic) bond motifs is 1. The minimum atomic E-state index is 0.244. The van der Waals surface area contributed by atoms with Crippen molar-refractivity contribution in [1.29, 1.82) is 0 Å². The summed E-state index contributed by atoms with van der Waals surface area (Å²) in [5, 5.41) is 9.84. The number of carbonyl (C=O) groups is 1. The van der Waals surface area contributed by atoms with Crippen LogP contribution in [0.4, 0.5) is 0 Å². The van der Waals surface area contributed by atoms with Crippen molar-refractivity contribution in [3.63, 3.8) is 0 Å². The number of benzene rings is 1. The Bertz CT molecular complexity index is 1070. The Balaban J connectivity index is 1.27. The van der Waals surface area contributed by atoms with Crippen molar-refractivity contribution in [2.24, 2.45) is 5.41 Å². The highest BCUT2D eigenvalue weighted by atomic mass is 16.5. The molecule has 3 aromatic rings. The third-order valence-corrected chi connectivity index (χ3v) is 6.67. The van der Waals surface area contributed by atoms with Crippen LogP contribution in [-0.2, 0) is 4.79 Å². The van der Waals surface area contributed by atoms with Crippen molar-refractivity contribution >= 4 is 16.8 Å². The molecule has 30 heavy (non-hydrogen) atoms. The van der Waals surface area contributed by atoms with Gasteiger partial charge in [-0.25, -0.2) is 0 Å². The molecule has 1 aliphatic carbocycles. The smallest absolute Gasteiger partial charge is 0.258 e. The Labute approximate surface area is 176 Å². The second-order valence-corrected chi connectivity index (χ2v) is 9.56. The number of carbonyl (C=O) groups excluding carboxylic acids is 1. The third kappa shape index (κ3) is 3.61. The molecule has 3 heterocycles. The lowest BCUT2D eigenvalue weighted by Gasteiger charge is -2.31. The van der Waals surface area contributed by atoms with Gasteiger partial charge in [0.25, 0.3) is 5.89 Å². The first-order chi connectivity index (χ1) is 14.4. The average molecular weight is 408 g/mol. The molecule has 0 N–H and O–H groups in total. The standard InChI is InChI=1S/C23H29N5O2/c1-15(2)28-19-12-17(4-5-18(19)14-24-28)22-25-21(26-30-22)16-6-10-27(11-7-16)20(29)13-23(3)8-9-23/h4-5,12,14-16H,6-11,13H2,1-3H3. The number of hydrogen-bond donors (Lipinski definition) is 0. The number of aromatic nitrogens is 4. The maximum absolute atomic E-state index is 12.5. The van der Waals surface area contributed by atoms with Gasteiger partial charge in [0.2, 0.25) is 5.91 Å². The molecule has 5 rings (SSSR count). The molecule has 2 aromatic heterocycles. The molecule has 0 spiro atoms. The van der Waals surface area contributed by atoms with Crippen LogP contribution in [-0.4, -0.2) is 43.8 Å². The highest BCUT2D eigenvalue weighted by molar-refractivity contribution is 5.83. The predicted octanol–water partition coefficient (Wildman–Crippen LogP) is 4.56. The summed E-state index contributed by atoms with van der Waals surface area (Å²) in [6.07, 6.45) is 6.73. The summed E-state index contributed by atoms with van der Waals surface area (Å²) in [7, 11) is 0. The van der Waals surface area contributed by atoms with E-state index in [0.29, 0.717) is 18.2 Å². The maximum Gasteiger partial charge on any atom is 0.258 e. The predicted molar refractivity (Wildman–Crippen MR) is 114 cm³/mol. The van der Waals surface area contributed by atoms with Gasteiger partial charge < -0.3 is 9.42 Å². The second kappa shape index (κ2) is 7.22. The number of hydrogen-bond acceptors (Lipinski definition) is 5. The van der Waals surface area contributed by atoms with E-state index in [-0.39, 0.29) is 17.4 Å². The first-order valence-corrected chi connectivity index (χ1v) is 11.0. The van der Waals surface area contributed by atoms with Crippen LogP contribution in [0.25, 0.3) is 22.4 Å². The highest BCUT2D eigenvalue weighted by Gasteiger charge is 2.40. The highest BCUT2D eigenvalue weighted by Crippen LogP contribution is 2.48. The summed E-state index contributed by atoms with van der Waals surface area (Å²) in [5.41, 5.74) is 2.25. The van der Waals surface area contributed by atoms with E-state index >= 15 is 0 Å². The molecule has 7 nitrogen and oxygen atoms in total. The van der Waals surface area contributed by atoms with Crippen molar-refractivity contribution in [1.82, 2.24) is 24.8 Å². The SMILES string of the molecule is CC(C)n1ncc2ccc(-c3nc(C4CCN(C(=O)CC5(C)CC5)CC4)no3)cc21. The van der Waals surface area contributed by atoms with Crippen LogP contribution in [0.5, 0.6) is 0 Å². The number of piperidine rings is 1. The van der Waals surface area contributed by atoms with Crippen molar-refractivity contribution in [2.45, 2.75) is 64.8 Å². The monoisotopic (exact) mass is 407 g/mol. The summed E-state index contributed by atoms with van der Waals surface area (Å²) in [5.74, 6) is 1.84. The van der Waals surface area contributed by atoms with Crippen LogP contribution in [0.15, 0.2) is 28.9 Å². The van der Waals surface area contributed by atoms with Crippen molar-refractivity contribution in [3.8, 4) is 11.5 Å². The van der Waals surface area contributed by atoms with Crippen molar-refractivity contribution < 1.29 is 9.32 Å². The minimum Gasteiger partial charge on any atom is -0.343 e. The summed E-state index contributed by atoms with van der Waals surface area (Å²) >= 11 is 0. The first-order valence-electron chi connectivity index (χ1n) is 11.0. The van der Waals surface area contributed by atoms with Crippen molar-refractivity contribution in [2.75, 3.05) is 13.1 Å². The molecule has 0 atom stereocenters. The van der Waals surface area contributed by atoms with Gasteiger partial charge in [0.1, 0.15) is 0 Å². The van der Waals surface area contributed by atoms with E-state index in [1.54, 1.807) is 0 Å². The third-order valence-electron chi connectivity index (χ3n) is 6.67. The van der Waals surface area contributed by atoms with Gasteiger partial charge in [0.05, 0.1) is 11.7 Å². The molecule has 2 fully saturated rings. The van der Waals surface area contributed by atoms with Gasteiger partial charge in [-0.2, -0.15) is 10.1 Å². The lowest BCUT2D eigenvalue weighted by Crippen LogP contribution is -2.38. The zero-order chi connectivity index (χ0) is 20.9. The zero-order valence-electron chi connectivity index (χ0n) is 18.0. The lowest BCUT2D eigenvalue weighted by molar-refractivity contribution is -0.133. The first kappa shape index (κ1) is 19.3. The Kier molecular flexibility index (Phi) is 4.64. The number of amides is 1. The fourth-order valence-corrected chi connectivity index (χ4v) is 4.35. The van der Waals surface area contributed by atoms with E-state index in [9.17, 15) is 4.79 Å². The van der Waals surface area contributed by atoms with Gasteiger partial charge in [-0.3, -0.25) is 9.48 Å². The van der Waals surface area contributed by atoms with Gasteiger partial charge in [-0.1, -0.05) is 18.1 Å². The lowest BCUT2D eigenvalue weighted by atomic mass is 9.95. The minimum absolute atomic E-state index is 0.244. The van der Waals surface area contributed by atoms with Crippen LogP contribution in [0.3, 0.4) is 0 Å². The summed E-state index contributed by atoms with van der Waals surface area (Å²) in [4.78, 5) is 19.2. The molecule has 0 radical (unpaired) electrons. The van der Waals surface area contributed by atoms with E-state index in [1.165, 1.54) is 12.8 Å². The molecule has 1 saturated heterocycles. The number of nitrogens with zero attached hydrogens (tertiary/aromatic N) is 5. The quantitative estimate of drug-likeness (QED) is 0.619. The van der Waals surface area contributed by atoms with Gasteiger partial charge in [-0.05, 0) is 57.1 Å². The largest absolute Gasteiger partial charge is 0.343 e. The molecule has 1 saturated carbocycles. The normalized spacial score (nSPS) is 19.0. The zero-order valence-corrected chi connectivity index (χ0v) is 18.0. The molecule has 0 unspecified atom stereocenters. The van der Waals surface area contributed by atoms with Crippen LogP contribution in [0.1, 0.15) is 70.7 Å². The van der Waals surface area contributed by atoms with E-state index in [2.05, 4.69) is 37.1 Å². The molecule has 1 aromatic carbocycles. The fourth-order valence-electron chi connectivity index (χ4n) is 4.35. The second-order valence-electron chi connectivity index (χ2n) is 9.56. The Morgan fingerprint density at radius 3 is 2.73 bits per heavy atom. The van der Waals surface area contributed by atoms with E-state index in [1.807, 2.05) is 27.9 Å². The van der Waals surface area contributed by atoms with E-state index < -0.39 is 0 Å². The Hall–Kier alpha value is -2.70. The molecular formula is C23H29N5O2. The Morgan fingerprint density at radius 1 is 1.27 bits per heavy atom. The van der Waals surface area contributed by atoms with E-state index in [0.717, 1.165) is 48.2 Å². The molecule has 158 valence electrons. The summed E-state index contributed by atoms with van der Waals surface area (Å²) in [6.45, 7) is 8.01. The molecule has 7 heteroatoms. The summed E-state index contributed by atoms with van der Waals surface area (Å²) in [6, 6.07) is 6.40. The fraction of sp³-hybridized carbons (Fsp3) is 0.565. The van der Waals surface area contributed by atoms with Gasteiger partial charge in [0, 0.05) is 42.4 Å². The molecule has 0 bridgehead atoms. The summed E-state index contributed by atoms with van der Waals surface area (Å²) < 4.78 is 7.61. The molecule has 1 amide bonds. The molecule has 2 aliphatic rings. The van der Waals surface area contributed by atoms with Gasteiger partial charge in [0.15, 0.2) is 5.82 Å². The average Bonchev–Trinajstić information content (AvgIpc) is 3.14. The topological polar surface area (TPSA) is 77.1 Å². The Morgan fingerprint density at radius 2 is 2.03 bits per heavy atom. The van der Waals surface area contributed by atoms with Crippen LogP contribution < -0.4 is 0 Å². The number of rotatable bonds is 5. The van der Waals surface area contributed by atoms with E-state index in [4.69, 9.17) is 9.51 Å². The number of likely N-dealkylation sites (tertiary alicyclic amines) is 1. The molecular weight excluding hydrogens is 378 g/mol. The van der Waals surface area contributed by atoms with Gasteiger partial charge >= 0.3 is 0 Å². The molecule has 1 aliphatic heterocycles. The van der Waals surface area contributed by atoms with Crippen molar-refractivity contribution in [3.05, 3.63) is 30.2 Å².